The molecule has 0 aliphatic carbocycles. The van der Waals surface area contributed by atoms with Crippen LogP contribution in [-0.2, 0) is 14.3 Å². The highest BCUT2D eigenvalue weighted by Crippen LogP contribution is 2.35. The Morgan fingerprint density at radius 2 is 1.83 bits per heavy atom. The van der Waals surface area contributed by atoms with Crippen LogP contribution in [0.5, 0.6) is 5.75 Å². The van der Waals surface area contributed by atoms with Crippen molar-refractivity contribution >= 4 is 40.4 Å². The summed E-state index contributed by atoms with van der Waals surface area (Å²) in [6.45, 7) is 5.23. The van der Waals surface area contributed by atoms with Gasteiger partial charge in [0.15, 0.2) is 4.80 Å². The normalized spacial score (nSPS) is 17.0. The lowest BCUT2D eigenvalue weighted by Crippen LogP contribution is -2.40. The minimum absolute atomic E-state index is 0.0316. The van der Waals surface area contributed by atoms with Crippen molar-refractivity contribution in [2.75, 3.05) is 18.6 Å². The number of anilines is 1. The second kappa shape index (κ2) is 10.6. The molecule has 0 bridgehead atoms. The van der Waals surface area contributed by atoms with Gasteiger partial charge in [0.2, 0.25) is 5.76 Å². The van der Waals surface area contributed by atoms with Crippen molar-refractivity contribution in [2.45, 2.75) is 13.0 Å². The highest BCUT2D eigenvalue weighted by molar-refractivity contribution is 7.07. The number of hydrogen-bond acceptors (Lipinski definition) is 9. The number of para-hydroxylation sites is 1. The zero-order valence-electron chi connectivity index (χ0n) is 22.5. The third-order valence-electron chi connectivity index (χ3n) is 6.96. The van der Waals surface area contributed by atoms with Gasteiger partial charge in [-0.3, -0.25) is 14.2 Å². The monoisotopic (exact) mass is 581 g/mol. The van der Waals surface area contributed by atoms with Crippen molar-refractivity contribution in [1.82, 2.24) is 4.57 Å². The predicted molar refractivity (Wildman–Crippen MR) is 154 cm³/mol. The third-order valence-corrected chi connectivity index (χ3v) is 8.01. The Labute approximate surface area is 242 Å². The van der Waals surface area contributed by atoms with Crippen molar-refractivity contribution in [3.05, 3.63) is 127 Å². The molecule has 4 aromatic rings. The number of esters is 2. The number of aromatic nitrogens is 1. The molecule has 2 aliphatic heterocycles. The number of hydrogen-bond donors (Lipinski definition) is 0. The van der Waals surface area contributed by atoms with Crippen molar-refractivity contribution in [1.29, 1.82) is 0 Å². The van der Waals surface area contributed by atoms with Crippen LogP contribution in [0.15, 0.2) is 105 Å². The standard InChI is InChI=1S/C31H23N3O7S/c1-4-15-40-30(38)23-17(2)32-31-34(25(23)18-11-13-19(14-12-18)41-29(37)22-10-7-16-39-22)28(36)26(42-31)24-20-8-5-6-9-21(20)33(3)27(24)35/h4-14,16,25H,1,15H2,2-3H3/b26-24-. The van der Waals surface area contributed by atoms with Gasteiger partial charge in [-0.25, -0.2) is 14.6 Å². The highest BCUT2D eigenvalue weighted by atomic mass is 32.1. The first-order chi connectivity index (χ1) is 20.3. The number of rotatable bonds is 6. The maximum Gasteiger partial charge on any atom is 0.379 e. The molecule has 1 amide bonds. The SMILES string of the molecule is C=CCOC(=O)C1=C(C)N=c2s/c(=C3\C(=O)N(C)c4ccccc43)c(=O)n2C1c1ccc(OC(=O)c2ccco2)cc1. The fraction of sp³-hybridized carbons (Fsp3) is 0.129. The minimum atomic E-state index is -0.924. The molecule has 4 heterocycles. The first-order valence-corrected chi connectivity index (χ1v) is 13.7. The third kappa shape index (κ3) is 4.40. The summed E-state index contributed by atoms with van der Waals surface area (Å²) < 4.78 is 17.5. The maximum atomic E-state index is 14.1. The molecule has 210 valence electrons. The van der Waals surface area contributed by atoms with E-state index in [1.807, 2.05) is 18.2 Å². The summed E-state index contributed by atoms with van der Waals surface area (Å²) in [5.41, 5.74) is 2.24. The van der Waals surface area contributed by atoms with Crippen LogP contribution in [0.3, 0.4) is 0 Å². The number of amides is 1. The van der Waals surface area contributed by atoms with E-state index in [-0.39, 0.29) is 39.7 Å². The van der Waals surface area contributed by atoms with Gasteiger partial charge in [0.1, 0.15) is 16.9 Å². The van der Waals surface area contributed by atoms with E-state index in [0.29, 0.717) is 27.3 Å². The largest absolute Gasteiger partial charge is 0.458 e. The predicted octanol–water partition coefficient (Wildman–Crippen LogP) is 3.12. The molecule has 2 aromatic heterocycles. The molecule has 0 saturated heterocycles. The quantitative estimate of drug-likeness (QED) is 0.195. The van der Waals surface area contributed by atoms with Crippen LogP contribution < -0.4 is 24.5 Å². The molecule has 1 unspecified atom stereocenters. The molecule has 42 heavy (non-hydrogen) atoms. The van der Waals surface area contributed by atoms with Crippen LogP contribution in [-0.4, -0.2) is 36.1 Å². The van der Waals surface area contributed by atoms with E-state index in [9.17, 15) is 19.2 Å². The van der Waals surface area contributed by atoms with Crippen LogP contribution in [0.4, 0.5) is 5.69 Å². The molecule has 11 heteroatoms. The summed E-state index contributed by atoms with van der Waals surface area (Å²) in [4.78, 5) is 59.5. The number of carbonyl (C=O) groups is 3. The van der Waals surface area contributed by atoms with Gasteiger partial charge in [-0.05, 0) is 42.8 Å². The number of carbonyl (C=O) groups excluding carboxylic acids is 3. The maximum absolute atomic E-state index is 14.1. The molecule has 0 fully saturated rings. The van der Waals surface area contributed by atoms with E-state index >= 15 is 0 Å². The summed E-state index contributed by atoms with van der Waals surface area (Å²) in [6, 6.07) is 15.8. The second-order valence-corrected chi connectivity index (χ2v) is 10.5. The van der Waals surface area contributed by atoms with Crippen molar-refractivity contribution in [2.24, 2.45) is 4.99 Å². The molecular weight excluding hydrogens is 558 g/mol. The Bertz CT molecular complexity index is 1980. The highest BCUT2D eigenvalue weighted by Gasteiger charge is 2.36. The second-order valence-electron chi connectivity index (χ2n) is 9.48. The van der Waals surface area contributed by atoms with Crippen LogP contribution in [0.1, 0.15) is 34.6 Å². The zero-order chi connectivity index (χ0) is 29.5. The average Bonchev–Trinajstić information content (AvgIpc) is 3.70. The lowest BCUT2D eigenvalue weighted by atomic mass is 9.96. The molecule has 0 N–H and O–H groups in total. The summed E-state index contributed by atoms with van der Waals surface area (Å²) in [6.07, 6.45) is 2.81. The van der Waals surface area contributed by atoms with Gasteiger partial charge in [-0.15, -0.1) is 0 Å². The topological polar surface area (TPSA) is 120 Å². The molecule has 10 nitrogen and oxygen atoms in total. The number of thiazole rings is 1. The Morgan fingerprint density at radius 1 is 1.07 bits per heavy atom. The van der Waals surface area contributed by atoms with Gasteiger partial charge in [0.25, 0.3) is 11.5 Å². The number of ether oxygens (including phenoxy) is 2. The molecular formula is C31H23N3O7S. The summed E-state index contributed by atoms with van der Waals surface area (Å²) in [5, 5.41) is 0. The van der Waals surface area contributed by atoms with Gasteiger partial charge in [-0.2, -0.15) is 0 Å². The van der Waals surface area contributed by atoms with Gasteiger partial charge in [0.05, 0.1) is 34.8 Å². The van der Waals surface area contributed by atoms with Crippen molar-refractivity contribution < 1.29 is 28.3 Å². The van der Waals surface area contributed by atoms with Crippen LogP contribution >= 0.6 is 11.3 Å². The van der Waals surface area contributed by atoms with Gasteiger partial charge in [-0.1, -0.05) is 54.3 Å². The Morgan fingerprint density at radius 3 is 2.55 bits per heavy atom. The number of likely N-dealkylation sites (N-methyl/N-ethyl adjacent to an activating group) is 1. The zero-order valence-corrected chi connectivity index (χ0v) is 23.3. The number of fused-ring (bicyclic) bond motifs is 2. The molecule has 6 rings (SSSR count). The van der Waals surface area contributed by atoms with E-state index < -0.39 is 23.5 Å². The smallest absolute Gasteiger partial charge is 0.379 e. The summed E-state index contributed by atoms with van der Waals surface area (Å²) in [5.74, 6) is -1.34. The number of allylic oxidation sites excluding steroid dienone is 1. The molecule has 2 aliphatic rings. The van der Waals surface area contributed by atoms with Crippen LogP contribution in [0, 0.1) is 0 Å². The van der Waals surface area contributed by atoms with Crippen molar-refractivity contribution in [3.63, 3.8) is 0 Å². The number of furan rings is 1. The summed E-state index contributed by atoms with van der Waals surface area (Å²) in [7, 11) is 1.66. The van der Waals surface area contributed by atoms with Crippen LogP contribution in [0.2, 0.25) is 0 Å². The van der Waals surface area contributed by atoms with E-state index in [0.717, 1.165) is 11.3 Å². The number of nitrogens with zero attached hydrogens (tertiary/aromatic N) is 3. The Kier molecular flexibility index (Phi) is 6.79. The number of benzene rings is 2. The average molecular weight is 582 g/mol. The fourth-order valence-electron chi connectivity index (χ4n) is 5.02. The molecule has 2 aromatic carbocycles. The minimum Gasteiger partial charge on any atom is -0.458 e. The van der Waals surface area contributed by atoms with Crippen LogP contribution in [0.25, 0.3) is 5.57 Å². The lowest BCUT2D eigenvalue weighted by Gasteiger charge is -2.24. The summed E-state index contributed by atoms with van der Waals surface area (Å²) >= 11 is 1.09. The first-order valence-electron chi connectivity index (χ1n) is 12.9. The Hall–Kier alpha value is -5.29. The van der Waals surface area contributed by atoms with E-state index in [1.54, 1.807) is 50.4 Å². The lowest BCUT2D eigenvalue weighted by molar-refractivity contribution is -0.138. The first kappa shape index (κ1) is 26.9. The van der Waals surface area contributed by atoms with E-state index in [4.69, 9.17) is 13.9 Å². The Balaban J connectivity index is 1.50. The molecule has 1 atom stereocenters. The van der Waals surface area contributed by atoms with E-state index in [2.05, 4.69) is 11.6 Å². The van der Waals surface area contributed by atoms with Crippen molar-refractivity contribution in [3.8, 4) is 5.75 Å². The molecule has 0 spiro atoms. The molecule has 0 radical (unpaired) electrons. The van der Waals surface area contributed by atoms with E-state index in [1.165, 1.54) is 27.9 Å². The van der Waals surface area contributed by atoms with Gasteiger partial charge in [0, 0.05) is 12.6 Å². The van der Waals surface area contributed by atoms with Gasteiger partial charge >= 0.3 is 11.9 Å². The molecule has 0 saturated carbocycles. The van der Waals surface area contributed by atoms with Gasteiger partial charge < -0.3 is 18.8 Å². The fourth-order valence-corrected chi connectivity index (χ4v) is 6.16.